The molecule has 2 N–H and O–H groups in total. The van der Waals surface area contributed by atoms with E-state index in [1.165, 1.54) is 26.5 Å². The number of carbonyl (C=O) groups excluding carboxylic acids is 1. The van der Waals surface area contributed by atoms with Crippen molar-refractivity contribution in [1.82, 2.24) is 5.43 Å². The minimum Gasteiger partial charge on any atom is -0.507 e. The summed E-state index contributed by atoms with van der Waals surface area (Å²) in [6, 6.07) is 10.0. The Labute approximate surface area is 153 Å². The summed E-state index contributed by atoms with van der Waals surface area (Å²) < 4.78 is 16.6. The van der Waals surface area contributed by atoms with Crippen LogP contribution in [0.25, 0.3) is 0 Å². The number of ether oxygens (including phenoxy) is 3. The number of rotatable bonds is 7. The highest BCUT2D eigenvalue weighted by Gasteiger charge is 2.12. The standard InChI is InChI=1S/C17H17BrN2O5/c1-23-14-4-3-5-15(24-2)17(14)25-10-16(22)20-19-9-11-8-12(18)6-7-13(11)21/h3-9,21H,10H2,1-2H3,(H,20,22)/b19-9+. The van der Waals surface area contributed by atoms with E-state index < -0.39 is 5.91 Å². The number of benzene rings is 2. The molecule has 7 nitrogen and oxygen atoms in total. The van der Waals surface area contributed by atoms with E-state index in [9.17, 15) is 9.90 Å². The summed E-state index contributed by atoms with van der Waals surface area (Å²) in [5.74, 6) is 0.815. The van der Waals surface area contributed by atoms with Gasteiger partial charge >= 0.3 is 0 Å². The molecule has 0 spiro atoms. The van der Waals surface area contributed by atoms with Crippen molar-refractivity contribution < 1.29 is 24.1 Å². The number of aromatic hydroxyl groups is 1. The minimum atomic E-state index is -0.473. The Balaban J connectivity index is 1.95. The van der Waals surface area contributed by atoms with Crippen molar-refractivity contribution in [2.24, 2.45) is 5.10 Å². The molecule has 1 amide bonds. The van der Waals surface area contributed by atoms with E-state index in [1.54, 1.807) is 30.3 Å². The van der Waals surface area contributed by atoms with Gasteiger partial charge in [-0.1, -0.05) is 22.0 Å². The van der Waals surface area contributed by atoms with Crippen molar-refractivity contribution in [2.75, 3.05) is 20.8 Å². The number of nitrogens with zero attached hydrogens (tertiary/aromatic N) is 1. The van der Waals surface area contributed by atoms with Gasteiger partial charge in [0.2, 0.25) is 5.75 Å². The van der Waals surface area contributed by atoms with Gasteiger partial charge < -0.3 is 19.3 Å². The molecule has 0 heterocycles. The minimum absolute atomic E-state index is 0.0520. The van der Waals surface area contributed by atoms with Crippen LogP contribution in [0.3, 0.4) is 0 Å². The molecule has 0 aliphatic rings. The Hall–Kier alpha value is -2.74. The number of amides is 1. The molecule has 0 bridgehead atoms. The van der Waals surface area contributed by atoms with Crippen molar-refractivity contribution in [1.29, 1.82) is 0 Å². The molecule has 2 rings (SSSR count). The number of phenols is 1. The molecule has 2 aromatic carbocycles. The number of hydrogen-bond acceptors (Lipinski definition) is 6. The monoisotopic (exact) mass is 408 g/mol. The maximum absolute atomic E-state index is 11.9. The van der Waals surface area contributed by atoms with Gasteiger partial charge in [-0.2, -0.15) is 5.10 Å². The zero-order valence-corrected chi connectivity index (χ0v) is 15.2. The Kier molecular flexibility index (Phi) is 6.64. The second-order valence-electron chi connectivity index (χ2n) is 4.78. The number of carbonyl (C=O) groups is 1. The molecule has 25 heavy (non-hydrogen) atoms. The third kappa shape index (κ3) is 5.12. The highest BCUT2D eigenvalue weighted by atomic mass is 79.9. The van der Waals surface area contributed by atoms with Crippen molar-refractivity contribution >= 4 is 28.1 Å². The molecule has 0 aliphatic heterocycles. The van der Waals surface area contributed by atoms with E-state index >= 15 is 0 Å². The van der Waals surface area contributed by atoms with Gasteiger partial charge in [-0.05, 0) is 30.3 Å². The van der Waals surface area contributed by atoms with Crippen LogP contribution in [0.2, 0.25) is 0 Å². The second kappa shape index (κ2) is 8.93. The van der Waals surface area contributed by atoms with Crippen LogP contribution in [0.4, 0.5) is 0 Å². The molecule has 0 saturated heterocycles. The van der Waals surface area contributed by atoms with E-state index in [4.69, 9.17) is 14.2 Å². The first-order valence-corrected chi connectivity index (χ1v) is 7.98. The predicted octanol–water partition coefficient (Wildman–Crippen LogP) is 2.70. The molecule has 132 valence electrons. The van der Waals surface area contributed by atoms with Crippen molar-refractivity contribution in [3.8, 4) is 23.0 Å². The summed E-state index contributed by atoms with van der Waals surface area (Å²) in [6.07, 6.45) is 1.33. The van der Waals surface area contributed by atoms with E-state index in [1.807, 2.05) is 0 Å². The highest BCUT2D eigenvalue weighted by Crippen LogP contribution is 2.36. The van der Waals surface area contributed by atoms with E-state index in [0.717, 1.165) is 4.47 Å². The van der Waals surface area contributed by atoms with Crippen LogP contribution >= 0.6 is 15.9 Å². The molecule has 0 radical (unpaired) electrons. The van der Waals surface area contributed by atoms with Crippen LogP contribution in [0, 0.1) is 0 Å². The van der Waals surface area contributed by atoms with Gasteiger partial charge in [0.25, 0.3) is 5.91 Å². The molecule has 2 aromatic rings. The first-order chi connectivity index (χ1) is 12.0. The fourth-order valence-electron chi connectivity index (χ4n) is 1.93. The van der Waals surface area contributed by atoms with Crippen LogP contribution in [0.5, 0.6) is 23.0 Å². The maximum atomic E-state index is 11.9. The SMILES string of the molecule is COc1cccc(OC)c1OCC(=O)N/N=C/c1cc(Br)ccc1O. The van der Waals surface area contributed by atoms with Gasteiger partial charge in [0.05, 0.1) is 20.4 Å². The van der Waals surface area contributed by atoms with Crippen LogP contribution in [0.15, 0.2) is 46.0 Å². The van der Waals surface area contributed by atoms with E-state index in [2.05, 4.69) is 26.5 Å². The number of nitrogens with one attached hydrogen (secondary N) is 1. The Morgan fingerprint density at radius 2 is 1.92 bits per heavy atom. The number of halogens is 1. The molecular weight excluding hydrogens is 392 g/mol. The second-order valence-corrected chi connectivity index (χ2v) is 5.69. The first kappa shape index (κ1) is 18.6. The fraction of sp³-hybridized carbons (Fsp3) is 0.176. The summed E-state index contributed by atoms with van der Waals surface area (Å²) in [6.45, 7) is -0.279. The van der Waals surface area contributed by atoms with Gasteiger partial charge in [0.15, 0.2) is 18.1 Å². The number of para-hydroxylation sites is 1. The Bertz CT molecular complexity index is 757. The lowest BCUT2D eigenvalue weighted by molar-refractivity contribution is -0.123. The molecule has 0 aliphatic carbocycles. The molecular formula is C17H17BrN2O5. The zero-order chi connectivity index (χ0) is 18.2. The Morgan fingerprint density at radius 3 is 2.56 bits per heavy atom. The fourth-order valence-corrected chi connectivity index (χ4v) is 2.31. The average Bonchev–Trinajstić information content (AvgIpc) is 2.62. The lowest BCUT2D eigenvalue weighted by Crippen LogP contribution is -2.24. The number of methoxy groups -OCH3 is 2. The normalized spacial score (nSPS) is 10.5. The van der Waals surface area contributed by atoms with E-state index in [-0.39, 0.29) is 12.4 Å². The summed E-state index contributed by atoms with van der Waals surface area (Å²) in [5.41, 5.74) is 2.78. The molecule has 0 fully saturated rings. The number of hydrazone groups is 1. The van der Waals surface area contributed by atoms with Gasteiger partial charge in [0, 0.05) is 10.0 Å². The number of phenolic OH excluding ortho intramolecular Hbond substituents is 1. The van der Waals surface area contributed by atoms with Gasteiger partial charge in [-0.25, -0.2) is 5.43 Å². The van der Waals surface area contributed by atoms with Crippen LogP contribution in [-0.4, -0.2) is 38.1 Å². The number of hydrogen-bond donors (Lipinski definition) is 2. The van der Waals surface area contributed by atoms with Crippen molar-refractivity contribution in [2.45, 2.75) is 0 Å². The maximum Gasteiger partial charge on any atom is 0.277 e. The molecule has 0 atom stereocenters. The molecule has 8 heteroatoms. The quantitative estimate of drug-likeness (QED) is 0.542. The summed E-state index contributed by atoms with van der Waals surface area (Å²) >= 11 is 3.29. The van der Waals surface area contributed by atoms with Crippen LogP contribution < -0.4 is 19.6 Å². The Morgan fingerprint density at radius 1 is 1.24 bits per heavy atom. The predicted molar refractivity (Wildman–Crippen MR) is 96.6 cm³/mol. The average molecular weight is 409 g/mol. The lowest BCUT2D eigenvalue weighted by Gasteiger charge is -2.13. The lowest BCUT2D eigenvalue weighted by atomic mass is 10.2. The van der Waals surface area contributed by atoms with Crippen molar-refractivity contribution in [3.63, 3.8) is 0 Å². The van der Waals surface area contributed by atoms with E-state index in [0.29, 0.717) is 22.8 Å². The summed E-state index contributed by atoms with van der Waals surface area (Å²) in [5, 5.41) is 13.5. The third-order valence-electron chi connectivity index (χ3n) is 3.11. The van der Waals surface area contributed by atoms with Gasteiger partial charge in [-0.3, -0.25) is 4.79 Å². The molecule has 0 aromatic heterocycles. The van der Waals surface area contributed by atoms with Gasteiger partial charge in [0.1, 0.15) is 5.75 Å². The molecule has 0 unspecified atom stereocenters. The smallest absolute Gasteiger partial charge is 0.277 e. The topological polar surface area (TPSA) is 89.4 Å². The van der Waals surface area contributed by atoms with Crippen LogP contribution in [-0.2, 0) is 4.79 Å². The third-order valence-corrected chi connectivity index (χ3v) is 3.61. The summed E-state index contributed by atoms with van der Waals surface area (Å²) in [7, 11) is 2.99. The van der Waals surface area contributed by atoms with Gasteiger partial charge in [-0.15, -0.1) is 0 Å². The zero-order valence-electron chi connectivity index (χ0n) is 13.7. The largest absolute Gasteiger partial charge is 0.507 e. The van der Waals surface area contributed by atoms with Crippen molar-refractivity contribution in [3.05, 3.63) is 46.4 Å². The molecule has 0 saturated carbocycles. The summed E-state index contributed by atoms with van der Waals surface area (Å²) in [4.78, 5) is 11.9. The first-order valence-electron chi connectivity index (χ1n) is 7.19. The van der Waals surface area contributed by atoms with Crippen LogP contribution in [0.1, 0.15) is 5.56 Å². The highest BCUT2D eigenvalue weighted by molar-refractivity contribution is 9.10.